The van der Waals surface area contributed by atoms with Gasteiger partial charge in [-0.25, -0.2) is 0 Å². The summed E-state index contributed by atoms with van der Waals surface area (Å²) in [6.45, 7) is 5.82. The Kier molecular flexibility index (Phi) is 5.47. The summed E-state index contributed by atoms with van der Waals surface area (Å²) in [4.78, 5) is 31.0. The second kappa shape index (κ2) is 8.35. The molecule has 34 heavy (non-hydrogen) atoms. The first-order valence-corrected chi connectivity index (χ1v) is 11.8. The number of carbonyl (C=O) groups is 2. The van der Waals surface area contributed by atoms with Crippen molar-refractivity contribution in [1.29, 1.82) is 0 Å². The largest absolute Gasteiger partial charge is 0.497 e. The maximum atomic E-state index is 14.1. The summed E-state index contributed by atoms with van der Waals surface area (Å²) in [5, 5.41) is 0. The molecule has 2 heterocycles. The average Bonchev–Trinajstić information content (AvgIpc) is 3.56. The highest BCUT2D eigenvalue weighted by Gasteiger charge is 2.42. The fraction of sp³-hybridized carbons (Fsp3) is 0.357. The van der Waals surface area contributed by atoms with Crippen LogP contribution in [0.3, 0.4) is 0 Å². The van der Waals surface area contributed by atoms with E-state index >= 15 is 0 Å². The Hall–Kier alpha value is -3.54. The van der Waals surface area contributed by atoms with Crippen molar-refractivity contribution in [1.82, 2.24) is 9.47 Å². The lowest BCUT2D eigenvalue weighted by Gasteiger charge is -2.40. The lowest BCUT2D eigenvalue weighted by molar-refractivity contribution is -0.142. The number of para-hydroxylation sites is 2. The van der Waals surface area contributed by atoms with Crippen molar-refractivity contribution in [2.45, 2.75) is 45.7 Å². The number of fused-ring (bicyclic) bond motifs is 3. The number of aromatic nitrogens is 1. The minimum atomic E-state index is -0.535. The van der Waals surface area contributed by atoms with E-state index < -0.39 is 5.41 Å². The van der Waals surface area contributed by atoms with E-state index in [1.54, 1.807) is 12.0 Å². The first-order chi connectivity index (χ1) is 16.3. The van der Waals surface area contributed by atoms with Gasteiger partial charge in [-0.3, -0.25) is 14.5 Å². The van der Waals surface area contributed by atoms with Crippen LogP contribution in [0, 0.1) is 5.41 Å². The molecule has 0 saturated heterocycles. The van der Waals surface area contributed by atoms with Crippen LogP contribution in [-0.2, 0) is 9.59 Å². The minimum absolute atomic E-state index is 0.0259. The van der Waals surface area contributed by atoms with E-state index in [2.05, 4.69) is 10.6 Å². The van der Waals surface area contributed by atoms with Crippen LogP contribution in [-0.4, -0.2) is 41.0 Å². The fourth-order valence-corrected chi connectivity index (χ4v) is 4.77. The van der Waals surface area contributed by atoms with E-state index in [0.29, 0.717) is 0 Å². The summed E-state index contributed by atoms with van der Waals surface area (Å²) in [6, 6.07) is 19.7. The predicted molar refractivity (Wildman–Crippen MR) is 132 cm³/mol. The minimum Gasteiger partial charge on any atom is -0.497 e. The Morgan fingerprint density at radius 1 is 0.971 bits per heavy atom. The van der Waals surface area contributed by atoms with Crippen LogP contribution in [0.2, 0.25) is 0 Å². The van der Waals surface area contributed by atoms with E-state index in [1.165, 1.54) is 0 Å². The van der Waals surface area contributed by atoms with Crippen LogP contribution in [0.25, 0.3) is 5.69 Å². The molecule has 2 aliphatic rings. The molecule has 3 aromatic rings. The van der Waals surface area contributed by atoms with Gasteiger partial charge >= 0.3 is 0 Å². The summed E-state index contributed by atoms with van der Waals surface area (Å²) >= 11 is 0. The normalized spacial score (nSPS) is 17.1. The van der Waals surface area contributed by atoms with Gasteiger partial charge in [0.1, 0.15) is 18.3 Å². The van der Waals surface area contributed by atoms with Crippen molar-refractivity contribution in [3.63, 3.8) is 0 Å². The van der Waals surface area contributed by atoms with Gasteiger partial charge in [-0.1, -0.05) is 45.0 Å². The van der Waals surface area contributed by atoms with Crippen LogP contribution < -0.4 is 9.64 Å². The molecule has 5 rings (SSSR count). The molecule has 2 aromatic carbocycles. The Bertz CT molecular complexity index is 1220. The summed E-state index contributed by atoms with van der Waals surface area (Å²) in [7, 11) is 1.64. The van der Waals surface area contributed by atoms with Crippen LogP contribution in [0.1, 0.15) is 50.9 Å². The van der Waals surface area contributed by atoms with Gasteiger partial charge in [0.15, 0.2) is 0 Å². The summed E-state index contributed by atoms with van der Waals surface area (Å²) in [6.07, 6.45) is 3.94. The Balaban J connectivity index is 1.58. The molecule has 6 heteroatoms. The topological polar surface area (TPSA) is 54.8 Å². The third-order valence-electron chi connectivity index (χ3n) is 6.62. The number of hydrogen-bond acceptors (Lipinski definition) is 3. The number of methoxy groups -OCH3 is 1. The van der Waals surface area contributed by atoms with E-state index in [0.717, 1.165) is 41.2 Å². The smallest absolute Gasteiger partial charge is 0.247 e. The molecule has 0 N–H and O–H groups in total. The van der Waals surface area contributed by atoms with Gasteiger partial charge in [-0.2, -0.15) is 0 Å². The van der Waals surface area contributed by atoms with Crippen molar-refractivity contribution >= 4 is 17.5 Å². The first kappa shape index (κ1) is 22.3. The van der Waals surface area contributed by atoms with Gasteiger partial charge in [0.25, 0.3) is 0 Å². The van der Waals surface area contributed by atoms with Gasteiger partial charge in [0, 0.05) is 17.7 Å². The van der Waals surface area contributed by atoms with Crippen LogP contribution in [0.4, 0.5) is 5.69 Å². The van der Waals surface area contributed by atoms with Gasteiger partial charge in [0.2, 0.25) is 11.8 Å². The van der Waals surface area contributed by atoms with Crippen molar-refractivity contribution in [2.75, 3.05) is 18.6 Å². The quantitative estimate of drug-likeness (QED) is 0.544. The second-order valence-corrected chi connectivity index (χ2v) is 10.1. The molecule has 0 radical (unpaired) electrons. The maximum absolute atomic E-state index is 14.1. The lowest BCUT2D eigenvalue weighted by atomic mass is 9.94. The Labute approximate surface area is 200 Å². The molecule has 1 aliphatic heterocycles. The number of amides is 2. The van der Waals surface area contributed by atoms with Gasteiger partial charge < -0.3 is 14.2 Å². The molecule has 1 saturated carbocycles. The Morgan fingerprint density at radius 3 is 2.26 bits per heavy atom. The summed E-state index contributed by atoms with van der Waals surface area (Å²) in [5.74, 6) is 0.715. The zero-order chi connectivity index (χ0) is 24.0. The molecule has 1 fully saturated rings. The van der Waals surface area contributed by atoms with Crippen molar-refractivity contribution in [3.8, 4) is 11.4 Å². The van der Waals surface area contributed by atoms with Crippen molar-refractivity contribution < 1.29 is 14.3 Å². The third-order valence-corrected chi connectivity index (χ3v) is 6.62. The molecule has 176 valence electrons. The molecule has 1 atom stereocenters. The number of nitrogens with zero attached hydrogens (tertiary/aromatic N) is 3. The summed E-state index contributed by atoms with van der Waals surface area (Å²) in [5.41, 5.74) is 3.27. The van der Waals surface area contributed by atoms with Crippen LogP contribution in [0.15, 0.2) is 66.9 Å². The molecule has 0 bridgehead atoms. The predicted octanol–water partition coefficient (Wildman–Crippen LogP) is 4.96. The van der Waals surface area contributed by atoms with E-state index in [1.807, 2.05) is 86.5 Å². The standard InChI is InChI=1S/C28H31N3O3/c1-28(2,3)27(33)30(20-13-14-20)18-25(32)31-23-9-6-5-8-22(23)29-17-7-10-24(29)26(31)19-11-15-21(34-4)16-12-19/h5-12,15-17,20,26H,13-14,18H2,1-4H3. The van der Waals surface area contributed by atoms with Crippen LogP contribution >= 0.6 is 0 Å². The first-order valence-electron chi connectivity index (χ1n) is 11.8. The lowest BCUT2D eigenvalue weighted by Crippen LogP contribution is -2.49. The molecule has 6 nitrogen and oxygen atoms in total. The third kappa shape index (κ3) is 3.87. The number of carbonyl (C=O) groups excluding carboxylic acids is 2. The molecule has 1 aromatic heterocycles. The van der Waals surface area contributed by atoms with Gasteiger partial charge in [-0.05, 0) is 54.8 Å². The highest BCUT2D eigenvalue weighted by atomic mass is 16.5. The number of benzene rings is 2. The van der Waals surface area contributed by atoms with E-state index in [4.69, 9.17) is 4.74 Å². The van der Waals surface area contributed by atoms with E-state index in [9.17, 15) is 9.59 Å². The zero-order valence-electron chi connectivity index (χ0n) is 20.2. The van der Waals surface area contributed by atoms with Crippen LogP contribution in [0.5, 0.6) is 5.75 Å². The van der Waals surface area contributed by atoms with Gasteiger partial charge in [-0.15, -0.1) is 0 Å². The van der Waals surface area contributed by atoms with E-state index in [-0.39, 0.29) is 30.4 Å². The zero-order valence-corrected chi connectivity index (χ0v) is 20.2. The number of rotatable bonds is 5. The molecular weight excluding hydrogens is 426 g/mol. The van der Waals surface area contributed by atoms with Crippen molar-refractivity contribution in [2.24, 2.45) is 5.41 Å². The highest BCUT2D eigenvalue weighted by Crippen LogP contribution is 2.43. The Morgan fingerprint density at radius 2 is 1.65 bits per heavy atom. The van der Waals surface area contributed by atoms with Crippen molar-refractivity contribution in [3.05, 3.63) is 78.1 Å². The number of hydrogen-bond donors (Lipinski definition) is 0. The molecule has 1 unspecified atom stereocenters. The molecular formula is C28H31N3O3. The summed E-state index contributed by atoms with van der Waals surface area (Å²) < 4.78 is 7.50. The molecule has 2 amide bonds. The monoisotopic (exact) mass is 457 g/mol. The SMILES string of the molecule is COc1ccc(C2c3cccn3-c3ccccc3N2C(=O)CN(C(=O)C(C)(C)C)C2CC2)cc1. The number of anilines is 1. The maximum Gasteiger partial charge on any atom is 0.247 e. The highest BCUT2D eigenvalue weighted by molar-refractivity contribution is 6.00. The fourth-order valence-electron chi connectivity index (χ4n) is 4.77. The van der Waals surface area contributed by atoms with Gasteiger partial charge in [0.05, 0.1) is 24.2 Å². The molecule has 0 spiro atoms. The second-order valence-electron chi connectivity index (χ2n) is 10.1. The average molecular weight is 458 g/mol. The molecule has 1 aliphatic carbocycles. The number of ether oxygens (including phenoxy) is 1.